The number of nitrogens with zero attached hydrogens (tertiary/aromatic N) is 1. The van der Waals surface area contributed by atoms with Gasteiger partial charge in [-0.25, -0.2) is 4.39 Å². The molecule has 144 valence electrons. The Morgan fingerprint density at radius 3 is 2.59 bits per heavy atom. The number of aromatic nitrogens is 1. The highest BCUT2D eigenvalue weighted by molar-refractivity contribution is 9.10. The Morgan fingerprint density at radius 2 is 2.04 bits per heavy atom. The van der Waals surface area contributed by atoms with E-state index >= 15 is 0 Å². The van der Waals surface area contributed by atoms with Crippen molar-refractivity contribution in [3.63, 3.8) is 0 Å². The maximum atomic E-state index is 13.4. The fraction of sp³-hybridized carbons (Fsp3) is 0.300. The van der Waals surface area contributed by atoms with E-state index in [2.05, 4.69) is 33.1 Å². The fourth-order valence-electron chi connectivity index (χ4n) is 2.84. The molecule has 1 aromatic heterocycles. The molecule has 5 nitrogen and oxygen atoms in total. The Labute approximate surface area is 166 Å². The zero-order chi connectivity index (χ0) is 20.3. The van der Waals surface area contributed by atoms with Crippen LogP contribution in [0.3, 0.4) is 0 Å². The minimum absolute atomic E-state index is 0.200. The predicted octanol–water partition coefficient (Wildman–Crippen LogP) is 4.35. The van der Waals surface area contributed by atoms with Crippen molar-refractivity contribution >= 4 is 33.4 Å². The van der Waals surface area contributed by atoms with Crippen LogP contribution in [0.2, 0.25) is 0 Å². The van der Waals surface area contributed by atoms with Crippen molar-refractivity contribution in [3.05, 3.63) is 63.7 Å². The first-order valence-electron chi connectivity index (χ1n) is 8.59. The normalized spacial score (nSPS) is 11.8. The molecular formula is C20H23BrFN3O2. The van der Waals surface area contributed by atoms with Gasteiger partial charge in [-0.3, -0.25) is 9.59 Å². The van der Waals surface area contributed by atoms with E-state index in [0.29, 0.717) is 33.4 Å². The number of anilines is 1. The molecule has 2 amide bonds. The number of benzene rings is 1. The van der Waals surface area contributed by atoms with E-state index in [0.717, 1.165) is 5.69 Å². The molecule has 7 heteroatoms. The molecule has 1 unspecified atom stereocenters. The van der Waals surface area contributed by atoms with Crippen molar-refractivity contribution in [2.75, 3.05) is 5.32 Å². The number of carbonyl (C=O) groups excluding carboxylic acids is 2. The summed E-state index contributed by atoms with van der Waals surface area (Å²) in [6, 6.07) is 4.16. The van der Waals surface area contributed by atoms with Gasteiger partial charge >= 0.3 is 0 Å². The number of nitrogens with one attached hydrogen (secondary N) is 2. The van der Waals surface area contributed by atoms with Gasteiger partial charge < -0.3 is 15.2 Å². The average molecular weight is 436 g/mol. The molecule has 1 atom stereocenters. The molecule has 1 aromatic carbocycles. The second kappa shape index (κ2) is 8.52. The van der Waals surface area contributed by atoms with Crippen molar-refractivity contribution in [1.29, 1.82) is 0 Å². The lowest BCUT2D eigenvalue weighted by molar-refractivity contribution is 0.0945. The second-order valence-electron chi connectivity index (χ2n) is 6.31. The van der Waals surface area contributed by atoms with Gasteiger partial charge in [-0.15, -0.1) is 6.58 Å². The smallest absolute Gasteiger partial charge is 0.273 e. The molecule has 0 aliphatic heterocycles. The van der Waals surface area contributed by atoms with E-state index in [1.54, 1.807) is 30.7 Å². The summed E-state index contributed by atoms with van der Waals surface area (Å²) in [6.45, 7) is 9.02. The molecule has 1 heterocycles. The molecule has 27 heavy (non-hydrogen) atoms. The van der Waals surface area contributed by atoms with Crippen molar-refractivity contribution in [1.82, 2.24) is 9.88 Å². The van der Waals surface area contributed by atoms with Crippen LogP contribution in [0.1, 0.15) is 46.0 Å². The van der Waals surface area contributed by atoms with Gasteiger partial charge in [0.2, 0.25) is 0 Å². The van der Waals surface area contributed by atoms with Gasteiger partial charge in [-0.1, -0.05) is 13.0 Å². The predicted molar refractivity (Wildman–Crippen MR) is 109 cm³/mol. The summed E-state index contributed by atoms with van der Waals surface area (Å²) in [5, 5.41) is 5.59. The molecule has 0 spiro atoms. The minimum Gasteiger partial charge on any atom is -0.346 e. The number of aryl methyl sites for hydroxylation is 1. The number of hydrogen-bond donors (Lipinski definition) is 2. The largest absolute Gasteiger partial charge is 0.346 e. The first-order valence-corrected chi connectivity index (χ1v) is 9.38. The standard InChI is InChI=1S/C20H23BrFN3O2/c1-6-12(4)23-19(26)16-15(7-2)25(5)18(17(16)21)20(27)24-13-8-9-14(22)11(3)10-13/h6,8-10,12H,1,7H2,2-5H3,(H,23,26)(H,24,27). The van der Waals surface area contributed by atoms with Crippen LogP contribution >= 0.6 is 15.9 Å². The zero-order valence-electron chi connectivity index (χ0n) is 15.8. The van der Waals surface area contributed by atoms with E-state index in [1.165, 1.54) is 12.1 Å². The number of hydrogen-bond acceptors (Lipinski definition) is 2. The Bertz CT molecular complexity index is 905. The first-order chi connectivity index (χ1) is 12.7. The van der Waals surface area contributed by atoms with Gasteiger partial charge in [0.15, 0.2) is 0 Å². The topological polar surface area (TPSA) is 63.1 Å². The molecule has 2 rings (SSSR count). The van der Waals surface area contributed by atoms with Gasteiger partial charge in [0.25, 0.3) is 11.8 Å². The third kappa shape index (κ3) is 4.30. The van der Waals surface area contributed by atoms with Crippen molar-refractivity contribution in [2.24, 2.45) is 7.05 Å². The third-order valence-electron chi connectivity index (χ3n) is 4.36. The van der Waals surface area contributed by atoms with Crippen molar-refractivity contribution in [2.45, 2.75) is 33.2 Å². The van der Waals surface area contributed by atoms with Crippen LogP contribution in [0.15, 0.2) is 35.3 Å². The van der Waals surface area contributed by atoms with Crippen LogP contribution in [0.4, 0.5) is 10.1 Å². The second-order valence-corrected chi connectivity index (χ2v) is 7.11. The van der Waals surface area contributed by atoms with Crippen molar-refractivity contribution < 1.29 is 14.0 Å². The quantitative estimate of drug-likeness (QED) is 0.662. The van der Waals surface area contributed by atoms with Crippen LogP contribution in [0.5, 0.6) is 0 Å². The molecule has 0 fully saturated rings. The van der Waals surface area contributed by atoms with Gasteiger partial charge in [0, 0.05) is 24.5 Å². The monoisotopic (exact) mass is 435 g/mol. The Balaban J connectivity index is 2.41. The maximum absolute atomic E-state index is 13.4. The summed E-state index contributed by atoms with van der Waals surface area (Å²) in [7, 11) is 1.74. The van der Waals surface area contributed by atoms with E-state index in [-0.39, 0.29) is 23.7 Å². The number of carbonyl (C=O) groups is 2. The molecule has 0 radical (unpaired) electrons. The highest BCUT2D eigenvalue weighted by Gasteiger charge is 2.27. The van der Waals surface area contributed by atoms with E-state index in [4.69, 9.17) is 0 Å². The molecular weight excluding hydrogens is 413 g/mol. The van der Waals surface area contributed by atoms with E-state index < -0.39 is 0 Å². The van der Waals surface area contributed by atoms with Gasteiger partial charge in [-0.05, 0) is 60.0 Å². The molecule has 0 bridgehead atoms. The molecule has 2 aromatic rings. The number of rotatable bonds is 6. The lowest BCUT2D eigenvalue weighted by atomic mass is 10.1. The number of amides is 2. The van der Waals surface area contributed by atoms with Crippen LogP contribution in [-0.4, -0.2) is 22.4 Å². The summed E-state index contributed by atoms with van der Waals surface area (Å²) >= 11 is 3.42. The summed E-state index contributed by atoms with van der Waals surface area (Å²) in [6.07, 6.45) is 2.20. The highest BCUT2D eigenvalue weighted by atomic mass is 79.9. The summed E-state index contributed by atoms with van der Waals surface area (Å²) in [5.41, 5.74) is 2.40. The fourth-order valence-corrected chi connectivity index (χ4v) is 3.70. The highest BCUT2D eigenvalue weighted by Crippen LogP contribution is 2.29. The van der Waals surface area contributed by atoms with Crippen LogP contribution in [0.25, 0.3) is 0 Å². The third-order valence-corrected chi connectivity index (χ3v) is 5.13. The lowest BCUT2D eigenvalue weighted by Gasteiger charge is -2.10. The Morgan fingerprint density at radius 1 is 1.37 bits per heavy atom. The minimum atomic E-state index is -0.388. The Hall–Kier alpha value is -2.41. The van der Waals surface area contributed by atoms with E-state index in [1.807, 2.05) is 13.8 Å². The van der Waals surface area contributed by atoms with Gasteiger partial charge in [0.05, 0.1) is 10.0 Å². The lowest BCUT2D eigenvalue weighted by Crippen LogP contribution is -2.31. The Kier molecular flexibility index (Phi) is 6.59. The van der Waals surface area contributed by atoms with E-state index in [9.17, 15) is 14.0 Å². The summed E-state index contributed by atoms with van der Waals surface area (Å²) < 4.78 is 15.6. The number of halogens is 2. The van der Waals surface area contributed by atoms with Gasteiger partial charge in [0.1, 0.15) is 11.5 Å². The molecule has 2 N–H and O–H groups in total. The molecule has 0 saturated heterocycles. The maximum Gasteiger partial charge on any atom is 0.273 e. The van der Waals surface area contributed by atoms with Crippen LogP contribution < -0.4 is 10.6 Å². The first kappa shape index (κ1) is 20.9. The summed E-state index contributed by atoms with van der Waals surface area (Å²) in [4.78, 5) is 25.5. The summed E-state index contributed by atoms with van der Waals surface area (Å²) in [5.74, 6) is -1.00. The van der Waals surface area contributed by atoms with Crippen molar-refractivity contribution in [3.8, 4) is 0 Å². The van der Waals surface area contributed by atoms with Crippen LogP contribution in [-0.2, 0) is 13.5 Å². The molecule has 0 aliphatic rings. The van der Waals surface area contributed by atoms with Gasteiger partial charge in [-0.2, -0.15) is 0 Å². The average Bonchev–Trinajstić information content (AvgIpc) is 2.87. The SMILES string of the molecule is C=CC(C)NC(=O)c1c(Br)c(C(=O)Nc2ccc(F)c(C)c2)n(C)c1CC. The van der Waals surface area contributed by atoms with Crippen LogP contribution in [0, 0.1) is 12.7 Å². The molecule has 0 aliphatic carbocycles. The zero-order valence-corrected chi connectivity index (χ0v) is 17.4. The molecule has 0 saturated carbocycles.